The van der Waals surface area contributed by atoms with Crippen LogP contribution in [0.5, 0.6) is 0 Å². The van der Waals surface area contributed by atoms with Gasteiger partial charge >= 0.3 is 0 Å². The smallest absolute Gasteiger partial charge is 0.0835 e. The summed E-state index contributed by atoms with van der Waals surface area (Å²) >= 11 is 6.24. The van der Waals surface area contributed by atoms with Crippen molar-refractivity contribution in [3.63, 3.8) is 0 Å². The van der Waals surface area contributed by atoms with Crippen LogP contribution in [-0.4, -0.2) is 9.78 Å². The van der Waals surface area contributed by atoms with Gasteiger partial charge in [-0.3, -0.25) is 0 Å². The fraction of sp³-hybridized carbons (Fsp3) is 0.357. The number of benzene rings is 1. The number of nitrogens with zero attached hydrogens (tertiary/aromatic N) is 2. The second-order valence-electron chi connectivity index (χ2n) is 4.76. The molecule has 0 saturated carbocycles. The first-order valence-corrected chi connectivity index (χ1v) is 6.72. The normalized spacial score (nSPS) is 19.3. The zero-order valence-corrected chi connectivity index (χ0v) is 10.9. The van der Waals surface area contributed by atoms with Gasteiger partial charge in [0.2, 0.25) is 0 Å². The molecule has 1 aromatic carbocycles. The minimum Gasteiger partial charge on any atom is -0.324 e. The van der Waals surface area contributed by atoms with Crippen LogP contribution in [0.15, 0.2) is 30.5 Å². The first kappa shape index (κ1) is 11.8. The lowest BCUT2D eigenvalue weighted by molar-refractivity contribution is 0.611. The second kappa shape index (κ2) is 4.75. The molecule has 0 spiro atoms. The Morgan fingerprint density at radius 1 is 1.28 bits per heavy atom. The van der Waals surface area contributed by atoms with Crippen molar-refractivity contribution in [3.05, 3.63) is 46.7 Å². The molecule has 0 bridgehead atoms. The Morgan fingerprint density at radius 2 is 2.11 bits per heavy atom. The predicted octanol–water partition coefficient (Wildman–Crippen LogP) is 3.25. The lowest BCUT2D eigenvalue weighted by Crippen LogP contribution is -2.10. The van der Waals surface area contributed by atoms with Gasteiger partial charge in [-0.05, 0) is 31.4 Å². The Balaban J connectivity index is 2.12. The monoisotopic (exact) mass is 261 g/mol. The van der Waals surface area contributed by atoms with Gasteiger partial charge in [-0.1, -0.05) is 30.2 Å². The molecule has 0 radical (unpaired) electrons. The van der Waals surface area contributed by atoms with Crippen molar-refractivity contribution in [2.45, 2.75) is 31.7 Å². The summed E-state index contributed by atoms with van der Waals surface area (Å²) in [6.07, 6.45) is 6.30. The molecule has 4 heteroatoms. The summed E-state index contributed by atoms with van der Waals surface area (Å²) in [7, 11) is 0. The van der Waals surface area contributed by atoms with Gasteiger partial charge in [0.15, 0.2) is 0 Å². The van der Waals surface area contributed by atoms with Crippen molar-refractivity contribution < 1.29 is 0 Å². The Bertz CT molecular complexity index is 562. The van der Waals surface area contributed by atoms with Gasteiger partial charge in [0, 0.05) is 17.3 Å². The van der Waals surface area contributed by atoms with Crippen LogP contribution in [0, 0.1) is 0 Å². The molecule has 0 aliphatic heterocycles. The van der Waals surface area contributed by atoms with E-state index in [1.165, 1.54) is 17.7 Å². The first-order valence-electron chi connectivity index (χ1n) is 6.34. The van der Waals surface area contributed by atoms with E-state index in [2.05, 4.69) is 5.10 Å². The van der Waals surface area contributed by atoms with E-state index in [0.29, 0.717) is 0 Å². The molecule has 1 heterocycles. The highest BCUT2D eigenvalue weighted by molar-refractivity contribution is 6.32. The van der Waals surface area contributed by atoms with E-state index < -0.39 is 0 Å². The number of hydrogen-bond acceptors (Lipinski definition) is 2. The molecule has 2 aromatic rings. The molecule has 0 saturated heterocycles. The van der Waals surface area contributed by atoms with E-state index >= 15 is 0 Å². The third-order valence-corrected chi connectivity index (χ3v) is 3.88. The molecule has 1 unspecified atom stereocenters. The molecular formula is C14H16ClN3. The van der Waals surface area contributed by atoms with Crippen molar-refractivity contribution in [3.8, 4) is 5.69 Å². The quantitative estimate of drug-likeness (QED) is 0.801. The number of hydrogen-bond donors (Lipinski definition) is 1. The average molecular weight is 262 g/mol. The summed E-state index contributed by atoms with van der Waals surface area (Å²) < 4.78 is 1.95. The molecule has 0 fully saturated rings. The predicted molar refractivity (Wildman–Crippen MR) is 73.1 cm³/mol. The largest absolute Gasteiger partial charge is 0.324 e. The fourth-order valence-electron chi connectivity index (χ4n) is 2.59. The molecule has 1 aromatic heterocycles. The highest BCUT2D eigenvalue weighted by Gasteiger charge is 2.21. The summed E-state index contributed by atoms with van der Waals surface area (Å²) in [6.45, 7) is 0. The molecule has 0 amide bonds. The van der Waals surface area contributed by atoms with Crippen LogP contribution in [0.25, 0.3) is 5.69 Å². The zero-order valence-electron chi connectivity index (χ0n) is 10.1. The summed E-state index contributed by atoms with van der Waals surface area (Å²) in [5.41, 5.74) is 9.52. The van der Waals surface area contributed by atoms with E-state index in [-0.39, 0.29) is 6.04 Å². The molecule has 94 valence electrons. The van der Waals surface area contributed by atoms with Gasteiger partial charge in [0.1, 0.15) is 0 Å². The maximum atomic E-state index is 6.24. The minimum atomic E-state index is 0.110. The second-order valence-corrected chi connectivity index (χ2v) is 5.17. The van der Waals surface area contributed by atoms with Gasteiger partial charge in [0.25, 0.3) is 0 Å². The topological polar surface area (TPSA) is 43.8 Å². The Hall–Kier alpha value is -1.32. The molecule has 1 aliphatic rings. The van der Waals surface area contributed by atoms with Gasteiger partial charge in [-0.15, -0.1) is 0 Å². The standard InChI is InChI=1S/C14H16ClN3/c15-11-5-1-3-8-14(11)18-13-7-4-2-6-12(16)10(13)9-17-18/h1,3,5,8-9,12H,2,4,6-7,16H2. The summed E-state index contributed by atoms with van der Waals surface area (Å²) in [5, 5.41) is 5.20. The van der Waals surface area contributed by atoms with Crippen molar-refractivity contribution in [1.29, 1.82) is 0 Å². The number of para-hydroxylation sites is 1. The number of rotatable bonds is 1. The maximum Gasteiger partial charge on any atom is 0.0835 e. The number of nitrogens with two attached hydrogens (primary N) is 1. The van der Waals surface area contributed by atoms with E-state index in [1.54, 1.807) is 0 Å². The van der Waals surface area contributed by atoms with Crippen molar-refractivity contribution >= 4 is 11.6 Å². The van der Waals surface area contributed by atoms with E-state index in [4.69, 9.17) is 17.3 Å². The van der Waals surface area contributed by atoms with Gasteiger partial charge in [-0.25, -0.2) is 4.68 Å². The molecule has 18 heavy (non-hydrogen) atoms. The van der Waals surface area contributed by atoms with Crippen molar-refractivity contribution in [2.75, 3.05) is 0 Å². The molecule has 1 atom stereocenters. The Labute approximate surface area is 112 Å². The summed E-state index contributed by atoms with van der Waals surface area (Å²) in [4.78, 5) is 0. The van der Waals surface area contributed by atoms with Crippen LogP contribution >= 0.6 is 11.6 Å². The van der Waals surface area contributed by atoms with Crippen LogP contribution in [0.2, 0.25) is 5.02 Å². The fourth-order valence-corrected chi connectivity index (χ4v) is 2.81. The van der Waals surface area contributed by atoms with Gasteiger partial charge < -0.3 is 5.73 Å². The molecule has 2 N–H and O–H groups in total. The number of halogens is 1. The van der Waals surface area contributed by atoms with Crippen LogP contribution in [-0.2, 0) is 6.42 Å². The minimum absolute atomic E-state index is 0.110. The van der Waals surface area contributed by atoms with Crippen LogP contribution in [0.3, 0.4) is 0 Å². The first-order chi connectivity index (χ1) is 8.77. The lowest BCUT2D eigenvalue weighted by atomic mass is 10.1. The maximum absolute atomic E-state index is 6.24. The van der Waals surface area contributed by atoms with Crippen molar-refractivity contribution in [2.24, 2.45) is 5.73 Å². The highest BCUT2D eigenvalue weighted by Crippen LogP contribution is 2.30. The van der Waals surface area contributed by atoms with Gasteiger partial charge in [0.05, 0.1) is 16.9 Å². The zero-order chi connectivity index (χ0) is 12.5. The Kier molecular flexibility index (Phi) is 3.10. The summed E-state index contributed by atoms with van der Waals surface area (Å²) in [6, 6.07) is 7.90. The van der Waals surface area contributed by atoms with E-state index in [9.17, 15) is 0 Å². The highest BCUT2D eigenvalue weighted by atomic mass is 35.5. The van der Waals surface area contributed by atoms with Crippen molar-refractivity contribution in [1.82, 2.24) is 9.78 Å². The van der Waals surface area contributed by atoms with Crippen LogP contribution in [0.1, 0.15) is 36.6 Å². The molecule has 3 nitrogen and oxygen atoms in total. The number of aromatic nitrogens is 2. The van der Waals surface area contributed by atoms with E-state index in [0.717, 1.165) is 30.0 Å². The SMILES string of the molecule is NC1CCCCc2c1cnn2-c1ccccc1Cl. The third-order valence-electron chi connectivity index (χ3n) is 3.56. The van der Waals surface area contributed by atoms with Crippen LogP contribution in [0.4, 0.5) is 0 Å². The lowest BCUT2D eigenvalue weighted by Gasteiger charge is -2.10. The number of fused-ring (bicyclic) bond motifs is 1. The third kappa shape index (κ3) is 1.93. The molecular weight excluding hydrogens is 246 g/mol. The average Bonchev–Trinajstić information content (AvgIpc) is 2.70. The van der Waals surface area contributed by atoms with E-state index in [1.807, 2.05) is 35.1 Å². The molecule has 1 aliphatic carbocycles. The van der Waals surface area contributed by atoms with Gasteiger partial charge in [-0.2, -0.15) is 5.10 Å². The summed E-state index contributed by atoms with van der Waals surface area (Å²) in [5.74, 6) is 0. The Morgan fingerprint density at radius 3 is 2.94 bits per heavy atom. The van der Waals surface area contributed by atoms with Crippen LogP contribution < -0.4 is 5.73 Å². The molecule has 3 rings (SSSR count).